The normalized spacial score (nSPS) is 13.9. The van der Waals surface area contributed by atoms with E-state index >= 15 is 0 Å². The molecular formula is C28H32N6O3S2. The average Bonchev–Trinajstić information content (AvgIpc) is 3.62. The minimum Gasteiger partial charge on any atom is -0.495 e. The van der Waals surface area contributed by atoms with Crippen LogP contribution in [0.15, 0.2) is 65.1 Å². The fourth-order valence-corrected chi connectivity index (χ4v) is 6.13. The van der Waals surface area contributed by atoms with Gasteiger partial charge in [0, 0.05) is 31.4 Å². The number of ether oxygens (including phenoxy) is 2. The van der Waals surface area contributed by atoms with E-state index in [0.717, 1.165) is 72.3 Å². The monoisotopic (exact) mass is 564 g/mol. The van der Waals surface area contributed by atoms with Gasteiger partial charge in [-0.25, -0.2) is 4.98 Å². The number of carbonyl (C=O) groups is 1. The number of hydrogen-bond acceptors (Lipinski definition) is 9. The van der Waals surface area contributed by atoms with E-state index < -0.39 is 0 Å². The number of hydrogen-bond donors (Lipinski definition) is 1. The number of benzene rings is 2. The average molecular weight is 565 g/mol. The molecule has 0 saturated carbocycles. The minimum atomic E-state index is -0.133. The van der Waals surface area contributed by atoms with Crippen LogP contribution in [-0.4, -0.2) is 77.1 Å². The molecular weight excluding hydrogens is 532 g/mol. The second-order valence-electron chi connectivity index (χ2n) is 9.05. The van der Waals surface area contributed by atoms with Crippen LogP contribution in [0.2, 0.25) is 0 Å². The molecule has 1 amide bonds. The Bertz CT molecular complexity index is 1350. The van der Waals surface area contributed by atoms with Crippen molar-refractivity contribution in [1.82, 2.24) is 30.0 Å². The van der Waals surface area contributed by atoms with Gasteiger partial charge in [-0.1, -0.05) is 54.2 Å². The third kappa shape index (κ3) is 7.24. The Balaban J connectivity index is 1.23. The number of morpholine rings is 1. The van der Waals surface area contributed by atoms with Gasteiger partial charge in [-0.3, -0.25) is 14.3 Å². The van der Waals surface area contributed by atoms with E-state index in [2.05, 4.69) is 37.5 Å². The highest BCUT2D eigenvalue weighted by atomic mass is 32.2. The van der Waals surface area contributed by atoms with Crippen LogP contribution in [0.25, 0.3) is 5.69 Å². The largest absolute Gasteiger partial charge is 0.495 e. The molecule has 0 unspecified atom stereocenters. The molecule has 2 aromatic heterocycles. The summed E-state index contributed by atoms with van der Waals surface area (Å²) in [6, 6.07) is 18.1. The van der Waals surface area contributed by atoms with Gasteiger partial charge in [0.1, 0.15) is 22.3 Å². The minimum absolute atomic E-state index is 0.133. The summed E-state index contributed by atoms with van der Waals surface area (Å²) in [7, 11) is 1.66. The van der Waals surface area contributed by atoms with E-state index in [1.54, 1.807) is 18.9 Å². The number of thiazole rings is 1. The smallest absolute Gasteiger partial charge is 0.270 e. The lowest BCUT2D eigenvalue weighted by Gasteiger charge is -2.26. The fourth-order valence-electron chi connectivity index (χ4n) is 4.37. The Labute approximate surface area is 236 Å². The third-order valence-corrected chi connectivity index (χ3v) is 8.35. The van der Waals surface area contributed by atoms with Crippen molar-refractivity contribution in [1.29, 1.82) is 0 Å². The number of nitrogens with zero attached hydrogens (tertiary/aromatic N) is 5. The van der Waals surface area contributed by atoms with E-state index in [-0.39, 0.29) is 5.91 Å². The summed E-state index contributed by atoms with van der Waals surface area (Å²) in [4.78, 5) is 19.6. The van der Waals surface area contributed by atoms with Crippen molar-refractivity contribution in [3.63, 3.8) is 0 Å². The fraction of sp³-hybridized carbons (Fsp3) is 0.357. The van der Waals surface area contributed by atoms with Gasteiger partial charge in [0.15, 0.2) is 5.16 Å². The predicted octanol–water partition coefficient (Wildman–Crippen LogP) is 4.07. The van der Waals surface area contributed by atoms with E-state index in [1.165, 1.54) is 11.3 Å². The maximum Gasteiger partial charge on any atom is 0.270 e. The third-order valence-electron chi connectivity index (χ3n) is 6.38. The second-order valence-corrected chi connectivity index (χ2v) is 10.9. The lowest BCUT2D eigenvalue weighted by atomic mass is 10.1. The summed E-state index contributed by atoms with van der Waals surface area (Å²) < 4.78 is 13.1. The number of thioether (sulfide) groups is 1. The molecule has 1 saturated heterocycles. The van der Waals surface area contributed by atoms with Gasteiger partial charge in [0.25, 0.3) is 5.91 Å². The summed E-state index contributed by atoms with van der Waals surface area (Å²) >= 11 is 3.02. The molecule has 1 N–H and O–H groups in total. The summed E-state index contributed by atoms with van der Waals surface area (Å²) in [6.07, 6.45) is 1.54. The van der Waals surface area contributed by atoms with Crippen molar-refractivity contribution in [3.8, 4) is 11.4 Å². The first-order valence-corrected chi connectivity index (χ1v) is 14.8. The van der Waals surface area contributed by atoms with Crippen LogP contribution in [0.4, 0.5) is 0 Å². The SMILES string of the molecule is COc1ccccc1-n1c(Cc2ccccc2)nnc1SCc1nc(C(=O)NCCCN2CCOCC2)cs1. The molecule has 1 aliphatic heterocycles. The van der Waals surface area contributed by atoms with Crippen molar-refractivity contribution in [3.05, 3.63) is 82.1 Å². The van der Waals surface area contributed by atoms with Crippen molar-refractivity contribution in [2.45, 2.75) is 23.8 Å². The van der Waals surface area contributed by atoms with Gasteiger partial charge in [0.05, 0.1) is 31.8 Å². The summed E-state index contributed by atoms with van der Waals surface area (Å²) in [5.41, 5.74) is 2.49. The Morgan fingerprint density at radius 3 is 2.72 bits per heavy atom. The van der Waals surface area contributed by atoms with Crippen LogP contribution in [0.5, 0.6) is 5.75 Å². The van der Waals surface area contributed by atoms with Gasteiger partial charge in [-0.15, -0.1) is 21.5 Å². The van der Waals surface area contributed by atoms with Crippen molar-refractivity contribution in [2.75, 3.05) is 46.5 Å². The number of nitrogens with one attached hydrogen (secondary N) is 1. The molecule has 0 radical (unpaired) electrons. The number of para-hydroxylation sites is 2. The van der Waals surface area contributed by atoms with Crippen LogP contribution in [0.3, 0.4) is 0 Å². The molecule has 4 aromatic rings. The molecule has 0 spiro atoms. The molecule has 0 aliphatic carbocycles. The van der Waals surface area contributed by atoms with Gasteiger partial charge >= 0.3 is 0 Å². The maximum atomic E-state index is 12.6. The van der Waals surface area contributed by atoms with Crippen LogP contribution in [0, 0.1) is 0 Å². The van der Waals surface area contributed by atoms with Crippen molar-refractivity contribution < 1.29 is 14.3 Å². The van der Waals surface area contributed by atoms with E-state index in [1.807, 2.05) is 52.4 Å². The molecule has 0 bridgehead atoms. The lowest BCUT2D eigenvalue weighted by molar-refractivity contribution is 0.0374. The zero-order valence-corrected chi connectivity index (χ0v) is 23.5. The highest BCUT2D eigenvalue weighted by Crippen LogP contribution is 2.31. The predicted molar refractivity (Wildman–Crippen MR) is 153 cm³/mol. The number of carbonyl (C=O) groups excluding carboxylic acids is 1. The molecule has 204 valence electrons. The zero-order chi connectivity index (χ0) is 26.9. The molecule has 2 aromatic carbocycles. The van der Waals surface area contributed by atoms with Crippen molar-refractivity contribution >= 4 is 29.0 Å². The highest BCUT2D eigenvalue weighted by molar-refractivity contribution is 7.98. The summed E-state index contributed by atoms with van der Waals surface area (Å²) in [6.45, 7) is 5.08. The van der Waals surface area contributed by atoms with Crippen LogP contribution in [-0.2, 0) is 16.9 Å². The Kier molecular flexibility index (Phi) is 9.60. The van der Waals surface area contributed by atoms with Gasteiger partial charge in [-0.05, 0) is 30.7 Å². The Hall–Kier alpha value is -3.25. The van der Waals surface area contributed by atoms with Gasteiger partial charge < -0.3 is 14.8 Å². The number of methoxy groups -OCH3 is 1. The van der Waals surface area contributed by atoms with Crippen LogP contribution < -0.4 is 10.1 Å². The first-order chi connectivity index (χ1) is 19.2. The molecule has 39 heavy (non-hydrogen) atoms. The number of aromatic nitrogens is 4. The lowest BCUT2D eigenvalue weighted by Crippen LogP contribution is -2.38. The van der Waals surface area contributed by atoms with Gasteiger partial charge in [-0.2, -0.15) is 0 Å². The van der Waals surface area contributed by atoms with Crippen molar-refractivity contribution in [2.24, 2.45) is 0 Å². The first kappa shape index (κ1) is 27.3. The van der Waals surface area contributed by atoms with E-state index in [0.29, 0.717) is 24.4 Å². The first-order valence-electron chi connectivity index (χ1n) is 13.0. The Morgan fingerprint density at radius 2 is 1.90 bits per heavy atom. The summed E-state index contributed by atoms with van der Waals surface area (Å²) in [5.74, 6) is 2.01. The van der Waals surface area contributed by atoms with Gasteiger partial charge in [0.2, 0.25) is 0 Å². The topological polar surface area (TPSA) is 94.4 Å². The maximum absolute atomic E-state index is 12.6. The number of amides is 1. The molecule has 9 nitrogen and oxygen atoms in total. The molecule has 5 rings (SSSR count). The molecule has 11 heteroatoms. The molecule has 1 fully saturated rings. The van der Waals surface area contributed by atoms with E-state index in [4.69, 9.17) is 9.47 Å². The molecule has 0 atom stereocenters. The van der Waals surface area contributed by atoms with Crippen LogP contribution >= 0.6 is 23.1 Å². The van der Waals surface area contributed by atoms with Crippen LogP contribution in [0.1, 0.15) is 33.3 Å². The highest BCUT2D eigenvalue weighted by Gasteiger charge is 2.19. The Morgan fingerprint density at radius 1 is 1.10 bits per heavy atom. The standard InChI is InChI=1S/C28H32N6O3S2/c1-36-24-11-6-5-10-23(24)34-25(18-21-8-3-2-4-9-21)31-32-28(34)39-20-26-30-22(19-38-26)27(35)29-12-7-13-33-14-16-37-17-15-33/h2-6,8-11,19H,7,12-18,20H2,1H3,(H,29,35). The second kappa shape index (κ2) is 13.7. The molecule has 1 aliphatic rings. The number of rotatable bonds is 12. The summed E-state index contributed by atoms with van der Waals surface area (Å²) in [5, 5.41) is 15.5. The zero-order valence-electron chi connectivity index (χ0n) is 21.9. The quantitative estimate of drug-likeness (QED) is 0.203. The molecule has 3 heterocycles. The van der Waals surface area contributed by atoms with E-state index in [9.17, 15) is 4.79 Å².